The third kappa shape index (κ3) is 4.52. The standard InChI is InChI=1S/C22H15ClF3N5O5/c1-10-7-11(17(30-35-3)21(33)34-2)8-12-16(10)28-19(36-20(12)32)14-9-15(22(24,25)26)29-31(14)18-13(23)5-4-6-27-18/h4-9H,1-3H3/b30-17+. The number of alkyl halides is 3. The molecule has 3 aromatic heterocycles. The Hall–Kier alpha value is -4.26. The van der Waals surface area contributed by atoms with E-state index in [1.54, 1.807) is 6.92 Å². The summed E-state index contributed by atoms with van der Waals surface area (Å²) in [6.07, 6.45) is -3.50. The SMILES string of the molecule is CO/N=C(/C(=O)OC)c1cc(C)c2nc(-c3cc(C(F)(F)F)nn3-c3ncccc3Cl)oc(=O)c2c1. The average molecular weight is 522 g/mol. The number of rotatable bonds is 5. The Bertz CT molecular complexity index is 1580. The fourth-order valence-corrected chi connectivity index (χ4v) is 3.56. The molecule has 3 heterocycles. The molecule has 0 fully saturated rings. The molecule has 1 aromatic carbocycles. The topological polar surface area (TPSA) is 122 Å². The van der Waals surface area contributed by atoms with E-state index in [9.17, 15) is 22.8 Å². The number of benzene rings is 1. The van der Waals surface area contributed by atoms with Gasteiger partial charge < -0.3 is 14.0 Å². The third-order valence-electron chi connectivity index (χ3n) is 4.92. The summed E-state index contributed by atoms with van der Waals surface area (Å²) in [5, 5.41) is 7.16. The number of carbonyl (C=O) groups is 1. The Labute approximate surface area is 204 Å². The Kier molecular flexibility index (Phi) is 6.50. The first kappa shape index (κ1) is 24.9. The van der Waals surface area contributed by atoms with Gasteiger partial charge in [0.1, 0.15) is 12.8 Å². The van der Waals surface area contributed by atoms with Crippen LogP contribution >= 0.6 is 11.6 Å². The minimum atomic E-state index is -4.81. The van der Waals surface area contributed by atoms with Gasteiger partial charge in [-0.2, -0.15) is 18.3 Å². The van der Waals surface area contributed by atoms with Crippen LogP contribution < -0.4 is 5.63 Å². The van der Waals surface area contributed by atoms with Gasteiger partial charge in [-0.25, -0.2) is 24.2 Å². The predicted molar refractivity (Wildman–Crippen MR) is 121 cm³/mol. The van der Waals surface area contributed by atoms with E-state index in [1.807, 2.05) is 0 Å². The van der Waals surface area contributed by atoms with Crippen molar-refractivity contribution in [2.24, 2.45) is 5.16 Å². The summed E-state index contributed by atoms with van der Waals surface area (Å²) in [4.78, 5) is 38.0. The molecule has 4 aromatic rings. The molecule has 4 rings (SSSR count). The van der Waals surface area contributed by atoms with E-state index in [4.69, 9.17) is 16.0 Å². The van der Waals surface area contributed by atoms with Crippen LogP contribution in [0.3, 0.4) is 0 Å². The second-order valence-electron chi connectivity index (χ2n) is 7.24. The zero-order valence-electron chi connectivity index (χ0n) is 18.8. The van der Waals surface area contributed by atoms with Gasteiger partial charge in [-0.15, -0.1) is 0 Å². The van der Waals surface area contributed by atoms with Crippen molar-refractivity contribution in [2.75, 3.05) is 14.2 Å². The maximum absolute atomic E-state index is 13.5. The maximum Gasteiger partial charge on any atom is 0.435 e. The predicted octanol–water partition coefficient (Wildman–Crippen LogP) is 3.94. The fraction of sp³-hybridized carbons (Fsp3) is 0.182. The van der Waals surface area contributed by atoms with Crippen LogP contribution in [0.2, 0.25) is 5.02 Å². The minimum Gasteiger partial charge on any atom is -0.464 e. The van der Waals surface area contributed by atoms with Crippen LogP contribution in [0.4, 0.5) is 13.2 Å². The number of fused-ring (bicyclic) bond motifs is 1. The van der Waals surface area contributed by atoms with E-state index in [0.29, 0.717) is 11.6 Å². The first-order valence-electron chi connectivity index (χ1n) is 9.99. The van der Waals surface area contributed by atoms with E-state index in [0.717, 1.165) is 11.8 Å². The molecule has 0 radical (unpaired) electrons. The quantitative estimate of drug-likeness (QED) is 0.220. The van der Waals surface area contributed by atoms with E-state index >= 15 is 0 Å². The van der Waals surface area contributed by atoms with Crippen molar-refractivity contribution in [3.8, 4) is 17.4 Å². The largest absolute Gasteiger partial charge is 0.464 e. The van der Waals surface area contributed by atoms with Gasteiger partial charge in [0.05, 0.1) is 23.0 Å². The zero-order chi connectivity index (χ0) is 26.2. The maximum atomic E-state index is 13.5. The molecule has 0 saturated heterocycles. The van der Waals surface area contributed by atoms with Gasteiger partial charge in [0.25, 0.3) is 0 Å². The number of oxime groups is 1. The lowest BCUT2D eigenvalue weighted by Gasteiger charge is -2.09. The van der Waals surface area contributed by atoms with Crippen molar-refractivity contribution in [2.45, 2.75) is 13.1 Å². The summed E-state index contributed by atoms with van der Waals surface area (Å²) in [5.41, 5.74) is -2.04. The molecule has 0 saturated carbocycles. The number of ether oxygens (including phenoxy) is 1. The Balaban J connectivity index is 1.96. The molecule has 0 aliphatic carbocycles. The molecule has 14 heteroatoms. The summed E-state index contributed by atoms with van der Waals surface area (Å²) in [7, 11) is 2.38. The van der Waals surface area contributed by atoms with Crippen LogP contribution in [-0.4, -0.2) is 45.6 Å². The first-order chi connectivity index (χ1) is 17.0. The molecule has 0 amide bonds. The fourth-order valence-electron chi connectivity index (χ4n) is 3.36. The number of methoxy groups -OCH3 is 1. The lowest BCUT2D eigenvalue weighted by Crippen LogP contribution is -2.18. The van der Waals surface area contributed by atoms with Crippen LogP contribution in [0.5, 0.6) is 0 Å². The molecule has 186 valence electrons. The van der Waals surface area contributed by atoms with Crippen LogP contribution in [0, 0.1) is 6.92 Å². The van der Waals surface area contributed by atoms with Crippen LogP contribution in [-0.2, 0) is 20.5 Å². The van der Waals surface area contributed by atoms with Gasteiger partial charge in [0.2, 0.25) is 5.89 Å². The number of hydrogen-bond donors (Lipinski definition) is 0. The molecule has 0 bridgehead atoms. The third-order valence-corrected chi connectivity index (χ3v) is 5.21. The lowest BCUT2D eigenvalue weighted by molar-refractivity contribution is -0.141. The zero-order valence-corrected chi connectivity index (χ0v) is 19.5. The second kappa shape index (κ2) is 9.41. The van der Waals surface area contributed by atoms with Gasteiger partial charge in [0, 0.05) is 17.8 Å². The van der Waals surface area contributed by atoms with Crippen molar-refractivity contribution in [3.05, 3.63) is 68.8 Å². The van der Waals surface area contributed by atoms with E-state index in [2.05, 4.69) is 29.8 Å². The number of aryl methyl sites for hydroxylation is 1. The van der Waals surface area contributed by atoms with Gasteiger partial charge in [0.15, 0.2) is 17.2 Å². The number of halogens is 4. The van der Waals surface area contributed by atoms with E-state index < -0.39 is 29.4 Å². The summed E-state index contributed by atoms with van der Waals surface area (Å²) < 4.78 is 51.2. The average Bonchev–Trinajstić information content (AvgIpc) is 3.28. The van der Waals surface area contributed by atoms with Gasteiger partial charge in [-0.3, -0.25) is 0 Å². The van der Waals surface area contributed by atoms with Gasteiger partial charge in [-0.05, 0) is 36.8 Å². The smallest absolute Gasteiger partial charge is 0.435 e. The highest BCUT2D eigenvalue weighted by Gasteiger charge is 2.36. The lowest BCUT2D eigenvalue weighted by atomic mass is 10.0. The van der Waals surface area contributed by atoms with Crippen molar-refractivity contribution >= 4 is 34.2 Å². The normalized spacial score (nSPS) is 12.1. The van der Waals surface area contributed by atoms with Crippen molar-refractivity contribution in [1.29, 1.82) is 0 Å². The first-order valence-corrected chi connectivity index (χ1v) is 10.4. The molecule has 0 spiro atoms. The van der Waals surface area contributed by atoms with Crippen molar-refractivity contribution in [3.63, 3.8) is 0 Å². The number of carbonyl (C=O) groups excluding carboxylic acids is 1. The van der Waals surface area contributed by atoms with Crippen LogP contribution in [0.1, 0.15) is 16.8 Å². The second-order valence-corrected chi connectivity index (χ2v) is 7.65. The summed E-state index contributed by atoms with van der Waals surface area (Å²) >= 11 is 6.13. The highest BCUT2D eigenvalue weighted by molar-refractivity contribution is 6.43. The number of nitrogens with zero attached hydrogens (tertiary/aromatic N) is 5. The molecule has 10 nitrogen and oxygen atoms in total. The summed E-state index contributed by atoms with van der Waals surface area (Å²) in [6.45, 7) is 1.58. The molecular weight excluding hydrogens is 507 g/mol. The molecule has 0 unspecified atom stereocenters. The molecule has 0 N–H and O–H groups in total. The molecule has 0 atom stereocenters. The molecule has 0 aliphatic rings. The van der Waals surface area contributed by atoms with Crippen molar-refractivity contribution < 1.29 is 32.0 Å². The minimum absolute atomic E-state index is 0.00676. The Morgan fingerprint density at radius 1 is 1.22 bits per heavy atom. The van der Waals surface area contributed by atoms with Crippen molar-refractivity contribution in [1.82, 2.24) is 19.7 Å². The summed E-state index contributed by atoms with van der Waals surface area (Å²) in [5.74, 6) is -1.40. The molecule has 0 aliphatic heterocycles. The summed E-state index contributed by atoms with van der Waals surface area (Å²) in [6, 6.07) is 6.35. The van der Waals surface area contributed by atoms with E-state index in [-0.39, 0.29) is 38.7 Å². The van der Waals surface area contributed by atoms with E-state index in [1.165, 1.54) is 37.6 Å². The highest BCUT2D eigenvalue weighted by atomic mass is 35.5. The van der Waals surface area contributed by atoms with Crippen LogP contribution in [0.25, 0.3) is 28.3 Å². The Morgan fingerprint density at radius 3 is 2.61 bits per heavy atom. The number of aromatic nitrogens is 4. The Morgan fingerprint density at radius 2 is 1.97 bits per heavy atom. The van der Waals surface area contributed by atoms with Gasteiger partial charge in [-0.1, -0.05) is 16.8 Å². The monoisotopic (exact) mass is 521 g/mol. The molecule has 36 heavy (non-hydrogen) atoms. The number of hydrogen-bond acceptors (Lipinski definition) is 9. The molecular formula is C22H15ClF3N5O5. The number of pyridine rings is 1. The van der Waals surface area contributed by atoms with Crippen LogP contribution in [0.15, 0.2) is 50.9 Å². The number of esters is 1. The van der Waals surface area contributed by atoms with Gasteiger partial charge >= 0.3 is 17.8 Å². The highest BCUT2D eigenvalue weighted by Crippen LogP contribution is 2.34.